The number of fused-ring (bicyclic) bond motifs is 1. The molecule has 0 saturated heterocycles. The van der Waals surface area contributed by atoms with E-state index in [0.717, 1.165) is 0 Å². The van der Waals surface area contributed by atoms with Gasteiger partial charge in [-0.3, -0.25) is 4.79 Å². The molecule has 0 spiro atoms. The van der Waals surface area contributed by atoms with Crippen LogP contribution in [0, 0.1) is 5.82 Å². The first kappa shape index (κ1) is 9.90. The highest BCUT2D eigenvalue weighted by Gasteiger charge is 2.27. The number of carbonyl (C=O) groups is 1. The quantitative estimate of drug-likeness (QED) is 0.654. The lowest BCUT2D eigenvalue weighted by Gasteiger charge is -2.05. The minimum atomic E-state index is -0.289. The van der Waals surface area contributed by atoms with E-state index in [0.29, 0.717) is 23.1 Å². The number of Topliss-reactive ketones (excluding diaryl/α,β-unsaturated/α-hetero) is 1. The molecule has 0 bridgehead atoms. The molecule has 15 heavy (non-hydrogen) atoms. The Morgan fingerprint density at radius 1 is 1.40 bits per heavy atom. The average molecular weight is 205 g/mol. The molecule has 0 aromatic heterocycles. The maximum atomic E-state index is 13.4. The molecule has 2 rings (SSSR count). The number of rotatable bonds is 1. The van der Waals surface area contributed by atoms with Crippen molar-refractivity contribution in [3.8, 4) is 0 Å². The third kappa shape index (κ3) is 1.65. The van der Waals surface area contributed by atoms with Crippen LogP contribution in [0.25, 0.3) is 0 Å². The van der Waals surface area contributed by atoms with E-state index in [2.05, 4.69) is 0 Å². The molecule has 0 fully saturated rings. The van der Waals surface area contributed by atoms with Crippen molar-refractivity contribution >= 4 is 5.78 Å². The van der Waals surface area contributed by atoms with Gasteiger partial charge in [-0.1, -0.05) is 12.1 Å². The van der Waals surface area contributed by atoms with Gasteiger partial charge in [0.1, 0.15) is 5.82 Å². The largest absolute Gasteiger partial charge is 0.383 e. The van der Waals surface area contributed by atoms with Crippen LogP contribution in [-0.4, -0.2) is 24.8 Å². The van der Waals surface area contributed by atoms with Crippen molar-refractivity contribution in [2.75, 3.05) is 14.1 Å². The minimum absolute atomic E-state index is 0.0572. The van der Waals surface area contributed by atoms with Crippen LogP contribution in [0.15, 0.2) is 30.0 Å². The monoisotopic (exact) mass is 205 g/mol. The fourth-order valence-electron chi connectivity index (χ4n) is 1.81. The smallest absolute Gasteiger partial charge is 0.191 e. The van der Waals surface area contributed by atoms with Gasteiger partial charge in [-0.05, 0) is 6.07 Å². The van der Waals surface area contributed by atoms with Crippen molar-refractivity contribution in [2.45, 2.75) is 6.42 Å². The molecule has 0 atom stereocenters. The molecule has 0 N–H and O–H groups in total. The van der Waals surface area contributed by atoms with Crippen LogP contribution in [0.5, 0.6) is 0 Å². The lowest BCUT2D eigenvalue weighted by Crippen LogP contribution is -2.06. The standard InChI is InChI=1S/C12H12FNO/c1-14(2)7-8-6-10-9(12(8)15)4-3-5-11(10)13/h3-5,7H,6H2,1-2H3/b8-7-. The Bertz CT molecular complexity index is 449. The van der Waals surface area contributed by atoms with Crippen LogP contribution in [0.3, 0.4) is 0 Å². The predicted octanol–water partition coefficient (Wildman–Crippen LogP) is 2.01. The van der Waals surface area contributed by atoms with E-state index in [1.807, 2.05) is 14.1 Å². The molecular formula is C12H12FNO. The normalized spacial score (nSPS) is 17.0. The summed E-state index contributed by atoms with van der Waals surface area (Å²) in [6.45, 7) is 0. The molecule has 78 valence electrons. The fraction of sp³-hybridized carbons (Fsp3) is 0.250. The Morgan fingerprint density at radius 3 is 2.73 bits per heavy atom. The predicted molar refractivity (Wildman–Crippen MR) is 56.2 cm³/mol. The lowest BCUT2D eigenvalue weighted by molar-refractivity contribution is 0.103. The van der Waals surface area contributed by atoms with Crippen molar-refractivity contribution in [1.29, 1.82) is 0 Å². The van der Waals surface area contributed by atoms with Gasteiger partial charge in [-0.15, -0.1) is 0 Å². The number of halogens is 1. The summed E-state index contributed by atoms with van der Waals surface area (Å²) in [6, 6.07) is 4.65. The van der Waals surface area contributed by atoms with Crippen molar-refractivity contribution in [3.63, 3.8) is 0 Å². The van der Waals surface area contributed by atoms with Crippen LogP contribution < -0.4 is 0 Å². The SMILES string of the molecule is CN(C)/C=C1/Cc2c(F)cccc2C1=O. The summed E-state index contributed by atoms with van der Waals surface area (Å²) >= 11 is 0. The highest BCUT2D eigenvalue weighted by Crippen LogP contribution is 2.28. The van der Waals surface area contributed by atoms with Gasteiger partial charge in [0.25, 0.3) is 0 Å². The van der Waals surface area contributed by atoms with Crippen LogP contribution >= 0.6 is 0 Å². The number of allylic oxidation sites excluding steroid dienone is 1. The molecule has 0 unspecified atom stereocenters. The van der Waals surface area contributed by atoms with Gasteiger partial charge in [0.2, 0.25) is 0 Å². The molecule has 0 saturated carbocycles. The summed E-state index contributed by atoms with van der Waals surface area (Å²) in [4.78, 5) is 13.6. The van der Waals surface area contributed by atoms with E-state index >= 15 is 0 Å². The van der Waals surface area contributed by atoms with E-state index in [4.69, 9.17) is 0 Å². The van der Waals surface area contributed by atoms with Gasteiger partial charge in [0.15, 0.2) is 5.78 Å². The Morgan fingerprint density at radius 2 is 2.13 bits per heavy atom. The summed E-state index contributed by atoms with van der Waals surface area (Å²) in [5.74, 6) is -0.346. The third-order valence-corrected chi connectivity index (χ3v) is 2.44. The maximum absolute atomic E-state index is 13.4. The summed E-state index contributed by atoms with van der Waals surface area (Å²) in [5, 5.41) is 0. The molecule has 0 heterocycles. The molecule has 3 heteroatoms. The van der Waals surface area contributed by atoms with Gasteiger partial charge in [-0.25, -0.2) is 4.39 Å². The Kier molecular flexibility index (Phi) is 2.31. The second kappa shape index (κ2) is 3.50. The topological polar surface area (TPSA) is 20.3 Å². The van der Waals surface area contributed by atoms with Crippen LogP contribution in [0.2, 0.25) is 0 Å². The van der Waals surface area contributed by atoms with Crippen LogP contribution in [0.1, 0.15) is 15.9 Å². The zero-order valence-corrected chi connectivity index (χ0v) is 8.75. The number of hydrogen-bond acceptors (Lipinski definition) is 2. The summed E-state index contributed by atoms with van der Waals surface area (Å²) in [7, 11) is 3.69. The zero-order chi connectivity index (χ0) is 11.0. The molecule has 2 nitrogen and oxygen atoms in total. The molecule has 1 aliphatic rings. The molecular weight excluding hydrogens is 193 g/mol. The summed E-state index contributed by atoms with van der Waals surface area (Å²) in [6.07, 6.45) is 2.15. The Balaban J connectivity index is 2.46. The Labute approximate surface area is 88.0 Å². The zero-order valence-electron chi connectivity index (χ0n) is 8.75. The first-order valence-corrected chi connectivity index (χ1v) is 4.79. The molecule has 0 aliphatic heterocycles. The van der Waals surface area contributed by atoms with Crippen molar-refractivity contribution in [1.82, 2.24) is 4.90 Å². The highest BCUT2D eigenvalue weighted by molar-refractivity contribution is 6.13. The van der Waals surface area contributed by atoms with Gasteiger partial charge < -0.3 is 4.90 Å². The summed E-state index contributed by atoms with van der Waals surface area (Å²) in [5.41, 5.74) is 1.68. The molecule has 1 aromatic rings. The second-order valence-corrected chi connectivity index (χ2v) is 3.89. The fourth-order valence-corrected chi connectivity index (χ4v) is 1.81. The van der Waals surface area contributed by atoms with Gasteiger partial charge in [0.05, 0.1) is 0 Å². The lowest BCUT2D eigenvalue weighted by atomic mass is 10.1. The van der Waals surface area contributed by atoms with Crippen LogP contribution in [-0.2, 0) is 6.42 Å². The van der Waals surface area contributed by atoms with Crippen molar-refractivity contribution in [3.05, 3.63) is 46.9 Å². The maximum Gasteiger partial charge on any atom is 0.191 e. The Hall–Kier alpha value is -1.64. The molecule has 1 aliphatic carbocycles. The molecule has 1 aromatic carbocycles. The van der Waals surface area contributed by atoms with Crippen molar-refractivity contribution < 1.29 is 9.18 Å². The van der Waals surface area contributed by atoms with E-state index in [1.54, 1.807) is 23.2 Å². The first-order valence-electron chi connectivity index (χ1n) is 4.79. The van der Waals surface area contributed by atoms with Gasteiger partial charge in [0, 0.05) is 43.4 Å². The number of carbonyl (C=O) groups excluding carboxylic acids is 1. The molecule has 0 radical (unpaired) electrons. The van der Waals surface area contributed by atoms with E-state index in [-0.39, 0.29) is 11.6 Å². The molecule has 0 amide bonds. The average Bonchev–Trinajstić information content (AvgIpc) is 2.46. The van der Waals surface area contributed by atoms with E-state index in [9.17, 15) is 9.18 Å². The number of nitrogens with zero attached hydrogens (tertiary/aromatic N) is 1. The number of benzene rings is 1. The summed E-state index contributed by atoms with van der Waals surface area (Å²) < 4.78 is 13.4. The first-order chi connectivity index (χ1) is 7.09. The highest BCUT2D eigenvalue weighted by atomic mass is 19.1. The number of ketones is 1. The number of hydrogen-bond donors (Lipinski definition) is 0. The van der Waals surface area contributed by atoms with Gasteiger partial charge >= 0.3 is 0 Å². The minimum Gasteiger partial charge on any atom is -0.383 e. The van der Waals surface area contributed by atoms with Gasteiger partial charge in [-0.2, -0.15) is 0 Å². The van der Waals surface area contributed by atoms with E-state index in [1.165, 1.54) is 6.07 Å². The van der Waals surface area contributed by atoms with Crippen LogP contribution in [0.4, 0.5) is 4.39 Å². The third-order valence-electron chi connectivity index (χ3n) is 2.44. The van der Waals surface area contributed by atoms with Crippen molar-refractivity contribution in [2.24, 2.45) is 0 Å². The van der Waals surface area contributed by atoms with E-state index < -0.39 is 0 Å². The second-order valence-electron chi connectivity index (χ2n) is 3.89.